The van der Waals surface area contributed by atoms with E-state index in [-0.39, 0.29) is 40.4 Å². The molecule has 2 saturated heterocycles. The lowest BCUT2D eigenvalue weighted by atomic mass is 9.89. The van der Waals surface area contributed by atoms with Crippen LogP contribution in [0.3, 0.4) is 0 Å². The SMILES string of the molecule is CN[C@H]1C(=O)N[C@@H]2Cc3ccc(cc3)Oc3cc4cc(c3O[C@@H]3O[C@H](C(=O)O)[C@@H](O)[C@H](O)[C@H]3NC(=O)CCCCCCCC(C)C)Oc3ccc(cc3Cl)[C@@H](O)[C@@H]3NC(=O)[C@H](NC(=O)[C@@H]4NC(=O)[C@@H](NC2=O)c2cc(cc(O)c2Cl)Oc2ccc1cc2O)c1ccc(O)c(c1)-c1c(O[C@H]2O[C@H](CO)[C@@H](O)[C@H](O)[C@@H]2O)cc(O)cc1[C@@H](C(=O)O)NC3=O. The third-order valence-corrected chi connectivity index (χ3v) is 22.1. The number of hydrogen-bond acceptors (Lipinski definition) is 28. The number of carboxylic acid groups (broad SMARTS) is 2. The number of phenols is 4. The van der Waals surface area contributed by atoms with E-state index in [0.717, 1.165) is 98.5 Å². The van der Waals surface area contributed by atoms with Crippen LogP contribution in [0, 0.1) is 5.92 Å². The van der Waals surface area contributed by atoms with Crippen LogP contribution < -0.4 is 66.2 Å². The lowest BCUT2D eigenvalue weighted by Crippen LogP contribution is -2.66. The first kappa shape index (κ1) is 87.0. The zero-order chi connectivity index (χ0) is 86.9. The van der Waals surface area contributed by atoms with Gasteiger partial charge in [-0.1, -0.05) is 99.5 Å². The second-order valence-corrected chi connectivity index (χ2v) is 31.0. The molecule has 9 heterocycles. The predicted molar refractivity (Wildman–Crippen MR) is 419 cm³/mol. The van der Waals surface area contributed by atoms with Crippen LogP contribution in [-0.4, -0.2) is 207 Å². The zero-order valence-electron chi connectivity index (χ0n) is 64.4. The number of carboxylic acids is 2. The molecule has 16 rings (SSSR count). The second kappa shape index (κ2) is 36.6. The van der Waals surface area contributed by atoms with Crippen LogP contribution in [0.1, 0.15) is 134 Å². The molecule has 0 unspecified atom stereocenters. The molecule has 18 atom stereocenters. The van der Waals surface area contributed by atoms with E-state index in [4.69, 9.17) is 56.4 Å². The van der Waals surface area contributed by atoms with Gasteiger partial charge in [0, 0.05) is 47.2 Å². The van der Waals surface area contributed by atoms with Crippen molar-refractivity contribution < 1.29 is 143 Å². The number of carbonyl (C=O) groups is 9. The van der Waals surface area contributed by atoms with Gasteiger partial charge in [0.25, 0.3) is 0 Å². The molecule has 21 N–H and O–H groups in total. The summed E-state index contributed by atoms with van der Waals surface area (Å²) >= 11 is 14.2. The maximum Gasteiger partial charge on any atom is 0.335 e. The van der Waals surface area contributed by atoms with Crippen LogP contribution in [0.4, 0.5) is 0 Å². The topological polar surface area (TPSA) is 577 Å². The van der Waals surface area contributed by atoms with Crippen molar-refractivity contribution in [1.82, 2.24) is 42.5 Å². The molecule has 9 aliphatic rings. The molecule has 17 bridgehead atoms. The Kier molecular flexibility index (Phi) is 26.3. The molecule has 0 saturated carbocycles. The smallest absolute Gasteiger partial charge is 0.335 e. The number of rotatable bonds is 17. The van der Waals surface area contributed by atoms with Gasteiger partial charge in [0.1, 0.15) is 125 Å². The number of carbonyl (C=O) groups excluding carboxylic acids is 7. The fourth-order valence-corrected chi connectivity index (χ4v) is 15.5. The number of aliphatic hydroxyl groups excluding tert-OH is 7. The quantitative estimate of drug-likeness (QED) is 0.0577. The summed E-state index contributed by atoms with van der Waals surface area (Å²) in [6, 6.07) is 4.37. The van der Waals surface area contributed by atoms with E-state index >= 15 is 24.0 Å². The summed E-state index contributed by atoms with van der Waals surface area (Å²) in [4.78, 5) is 136. The number of halogens is 2. The summed E-state index contributed by atoms with van der Waals surface area (Å²) in [5.41, 5.74) is -3.33. The van der Waals surface area contributed by atoms with Crippen LogP contribution in [0.25, 0.3) is 11.1 Å². The van der Waals surface area contributed by atoms with Gasteiger partial charge in [-0.15, -0.1) is 0 Å². The summed E-state index contributed by atoms with van der Waals surface area (Å²) in [7, 11) is 1.41. The highest BCUT2D eigenvalue weighted by Gasteiger charge is 2.52. The molecule has 2 fully saturated rings. The molecule has 9 aliphatic heterocycles. The van der Waals surface area contributed by atoms with E-state index in [9.17, 15) is 85.6 Å². The summed E-state index contributed by atoms with van der Waals surface area (Å²) in [5, 5.41) is 167. The van der Waals surface area contributed by atoms with Crippen molar-refractivity contribution in [3.05, 3.63) is 164 Å². The van der Waals surface area contributed by atoms with Gasteiger partial charge in [-0.05, 0) is 120 Å². The molecule has 7 aromatic rings. The molecule has 0 aliphatic carbocycles. The van der Waals surface area contributed by atoms with Crippen molar-refractivity contribution in [3.63, 3.8) is 0 Å². The monoisotopic (exact) mass is 1720 g/mol. The lowest BCUT2D eigenvalue weighted by molar-refractivity contribution is -0.277. The molecule has 7 amide bonds. The van der Waals surface area contributed by atoms with Gasteiger partial charge in [0.2, 0.25) is 59.7 Å². The molecule has 0 spiro atoms. The maximum atomic E-state index is 16.7. The minimum atomic E-state index is -2.47. The minimum absolute atomic E-state index is 0.150. The van der Waals surface area contributed by atoms with Gasteiger partial charge in [-0.25, -0.2) is 9.59 Å². The molecule has 0 aromatic heterocycles. The molecular formula is C82H86Cl2N8O29. The van der Waals surface area contributed by atoms with E-state index in [0.29, 0.717) is 18.8 Å². The van der Waals surface area contributed by atoms with Crippen LogP contribution >= 0.6 is 23.2 Å². The van der Waals surface area contributed by atoms with Crippen LogP contribution in [0.5, 0.6) is 69.0 Å². The van der Waals surface area contributed by atoms with Gasteiger partial charge in [0.15, 0.2) is 35.1 Å². The molecule has 39 heteroatoms. The highest BCUT2D eigenvalue weighted by molar-refractivity contribution is 6.33. The van der Waals surface area contributed by atoms with Crippen molar-refractivity contribution in [1.29, 1.82) is 0 Å². The van der Waals surface area contributed by atoms with Crippen LogP contribution in [-0.2, 0) is 59.0 Å². The normalized spacial score (nSPS) is 26.6. The number of hydrogen-bond donors (Lipinski definition) is 21. The molecule has 7 aromatic carbocycles. The molecule has 642 valence electrons. The number of ether oxygens (including phenoxy) is 7. The average Bonchev–Trinajstić information content (AvgIpc) is 0.792. The largest absolute Gasteiger partial charge is 0.508 e. The Morgan fingerprint density at radius 2 is 1.19 bits per heavy atom. The van der Waals surface area contributed by atoms with Gasteiger partial charge >= 0.3 is 11.9 Å². The number of phenolic OH excluding ortho intramolecular Hbond substituents is 4. The van der Waals surface area contributed by atoms with Crippen molar-refractivity contribution in [2.75, 3.05) is 13.7 Å². The number of aliphatic carboxylic acids is 2. The Balaban J connectivity index is 1.04. The zero-order valence-corrected chi connectivity index (χ0v) is 65.9. The fourth-order valence-electron chi connectivity index (χ4n) is 15.0. The molecule has 0 radical (unpaired) electrons. The summed E-state index contributed by atoms with van der Waals surface area (Å²) in [5.74, 6) is -19.1. The predicted octanol–water partition coefficient (Wildman–Crippen LogP) is 3.79. The first-order chi connectivity index (χ1) is 57.7. The van der Waals surface area contributed by atoms with Gasteiger partial charge in [-0.3, -0.25) is 33.6 Å². The summed E-state index contributed by atoms with van der Waals surface area (Å²) in [6.45, 7) is 3.21. The fraction of sp³-hybridized carbons (Fsp3) is 0.378. The number of aromatic hydroxyl groups is 4. The van der Waals surface area contributed by atoms with Crippen molar-refractivity contribution >= 4 is 76.5 Å². The maximum absolute atomic E-state index is 16.7. The number of nitrogens with one attached hydrogen (secondary N) is 8. The Hall–Kier alpha value is -11.9. The van der Waals surface area contributed by atoms with Crippen molar-refractivity contribution in [3.8, 4) is 80.1 Å². The van der Waals surface area contributed by atoms with Gasteiger partial charge in [0.05, 0.1) is 16.7 Å². The Morgan fingerprint density at radius 3 is 1.88 bits per heavy atom. The first-order valence-electron chi connectivity index (χ1n) is 38.4. The molecule has 37 nitrogen and oxygen atoms in total. The Morgan fingerprint density at radius 1 is 0.537 bits per heavy atom. The van der Waals surface area contributed by atoms with Gasteiger partial charge < -0.3 is 142 Å². The second-order valence-electron chi connectivity index (χ2n) is 30.2. The standard InChI is InChI=1S/C82H86Cl2N8O29/c1-32(2)9-7-5-4-6-8-10-55(98)87-64-67(101)69(103)72(80(113)114)121-81(64)120-71-52-25-37-26-53(71)117-49-19-15-36(23-44(49)83)65(99)63-78(110)91-62(79(111)112)42-27-38(94)28-51(118-82-70(104)68(102)66(100)54(31-93)119-82)56(42)41-22-34(13-18-46(41)95)59(75(107)92-63)88-76(108)60(37)89-77(109)61-43-29-40(30-48(97)57(43)84)116-50-20-14-35(24-47(50)96)58(85-3)74(106)86-45(73(105)90-61)21-33-11-16-39(115-52)17-12-33/h11-20,22-30,32,45,54,58-70,72,81-82,85,93-97,99-104H,4-10,21,31H2,1-3H3,(H,86,106)(H,87,98)(H,88,108)(H,89,109)(H,90,105)(H,91,110)(H,92,107)(H,111,112)(H,113,114)/t45-,54-,58-,59-,60-,61+,62+,63+,64-,65-,66-,67-,68+,69+,70+,72+,81-,82+/m1/s1. The van der Waals surface area contributed by atoms with Crippen molar-refractivity contribution in [2.45, 2.75) is 175 Å². The highest BCUT2D eigenvalue weighted by atomic mass is 35.5. The van der Waals surface area contributed by atoms with E-state index in [1.807, 2.05) is 0 Å². The average molecular weight is 1720 g/mol. The van der Waals surface area contributed by atoms with Crippen LogP contribution in [0.2, 0.25) is 10.0 Å². The number of unbranched alkanes of at least 4 members (excludes halogenated alkanes) is 4. The number of amides is 7. The highest BCUT2D eigenvalue weighted by Crippen LogP contribution is 2.50. The molecule has 121 heavy (non-hydrogen) atoms. The van der Waals surface area contributed by atoms with Crippen LogP contribution in [0.15, 0.2) is 115 Å². The number of benzene rings is 7. The third kappa shape index (κ3) is 18.7. The first-order valence-corrected chi connectivity index (χ1v) is 39.2. The molecular weight excluding hydrogens is 1630 g/mol. The third-order valence-electron chi connectivity index (χ3n) is 21.4. The Bertz CT molecular complexity index is 5180. The van der Waals surface area contributed by atoms with E-state index in [2.05, 4.69) is 56.4 Å². The Labute approximate surface area is 697 Å². The van der Waals surface area contributed by atoms with E-state index < -0.39 is 271 Å². The van der Waals surface area contributed by atoms with E-state index in [1.165, 1.54) is 49.5 Å². The van der Waals surface area contributed by atoms with E-state index in [1.54, 1.807) is 0 Å². The van der Waals surface area contributed by atoms with Gasteiger partial charge in [-0.2, -0.15) is 0 Å². The number of aliphatic hydroxyl groups is 7. The number of likely N-dealkylation sites (N-methyl/N-ethyl adjacent to an activating group) is 1. The van der Waals surface area contributed by atoms with Crippen molar-refractivity contribution in [2.24, 2.45) is 5.92 Å². The number of fused-ring (bicyclic) bond motifs is 14. The summed E-state index contributed by atoms with van der Waals surface area (Å²) in [6.07, 6.45) is -17.5. The minimum Gasteiger partial charge on any atom is -0.508 e. The lowest BCUT2D eigenvalue weighted by Gasteiger charge is -2.41. The summed E-state index contributed by atoms with van der Waals surface area (Å²) < 4.78 is 43.9.